The molecule has 28 heavy (non-hydrogen) atoms. The van der Waals surface area contributed by atoms with Crippen molar-refractivity contribution in [2.45, 2.75) is 12.8 Å². The van der Waals surface area contributed by atoms with E-state index in [2.05, 4.69) is 22.2 Å². The lowest BCUT2D eigenvalue weighted by Crippen LogP contribution is -2.13. The van der Waals surface area contributed by atoms with Crippen LogP contribution in [0.2, 0.25) is 10.2 Å². The van der Waals surface area contributed by atoms with Crippen molar-refractivity contribution >= 4 is 46.0 Å². The van der Waals surface area contributed by atoms with Crippen LogP contribution < -0.4 is 10.1 Å². The highest BCUT2D eigenvalue weighted by Gasteiger charge is 2.44. The zero-order chi connectivity index (χ0) is 19.6. The number of aromatic nitrogens is 2. The molecule has 0 saturated carbocycles. The summed E-state index contributed by atoms with van der Waals surface area (Å²) in [7, 11) is 1.55. The van der Waals surface area contributed by atoms with Gasteiger partial charge in [-0.15, -0.1) is 0 Å². The largest absolute Gasteiger partial charge is 0.481 e. The molecule has 1 amide bonds. The fourth-order valence-electron chi connectivity index (χ4n) is 3.64. The number of nitrogens with zero attached hydrogens (tertiary/aromatic N) is 2. The summed E-state index contributed by atoms with van der Waals surface area (Å²) < 4.78 is 11.2. The minimum atomic E-state index is -0.304. The van der Waals surface area contributed by atoms with Gasteiger partial charge in [-0.25, -0.2) is 9.97 Å². The summed E-state index contributed by atoms with van der Waals surface area (Å²) in [5.74, 6) is 0.459. The minimum absolute atomic E-state index is 0.179. The van der Waals surface area contributed by atoms with Gasteiger partial charge in [0.1, 0.15) is 16.3 Å². The number of carbonyl (C=O) groups is 1. The average molecular weight is 414 g/mol. The second-order valence-electron chi connectivity index (χ2n) is 6.60. The van der Waals surface area contributed by atoms with E-state index in [-0.39, 0.29) is 16.1 Å². The van der Waals surface area contributed by atoms with E-state index in [0.29, 0.717) is 28.6 Å². The van der Waals surface area contributed by atoms with E-state index in [1.54, 1.807) is 25.4 Å². The van der Waals surface area contributed by atoms with Crippen molar-refractivity contribution in [3.8, 4) is 17.0 Å². The zero-order valence-electron chi connectivity index (χ0n) is 14.8. The number of fused-ring (bicyclic) bond motifs is 5. The molecule has 5 rings (SSSR count). The van der Waals surface area contributed by atoms with Gasteiger partial charge in [0.15, 0.2) is 0 Å². The molecule has 0 unspecified atom stereocenters. The van der Waals surface area contributed by atoms with Gasteiger partial charge < -0.3 is 14.5 Å². The third kappa shape index (κ3) is 2.45. The number of benzene rings is 1. The predicted molar refractivity (Wildman–Crippen MR) is 107 cm³/mol. The van der Waals surface area contributed by atoms with Gasteiger partial charge in [0.25, 0.3) is 5.91 Å². The van der Waals surface area contributed by atoms with Gasteiger partial charge in [-0.2, -0.15) is 0 Å². The van der Waals surface area contributed by atoms with Crippen LogP contribution in [0.1, 0.15) is 34.3 Å². The second kappa shape index (κ2) is 6.09. The lowest BCUT2D eigenvalue weighted by molar-refractivity contribution is 0.102. The molecule has 1 aliphatic rings. The summed E-state index contributed by atoms with van der Waals surface area (Å²) in [6.45, 7) is 2.10. The maximum absolute atomic E-state index is 13.2. The summed E-state index contributed by atoms with van der Waals surface area (Å²) in [6.07, 6.45) is 3.10. The molecule has 0 aliphatic heterocycles. The van der Waals surface area contributed by atoms with E-state index in [9.17, 15) is 4.79 Å². The molecule has 8 heteroatoms. The Morgan fingerprint density at radius 2 is 2.00 bits per heavy atom. The van der Waals surface area contributed by atoms with Gasteiger partial charge in [-0.05, 0) is 17.7 Å². The summed E-state index contributed by atoms with van der Waals surface area (Å²) in [4.78, 5) is 21.3. The quantitative estimate of drug-likeness (QED) is 0.455. The molecule has 1 aliphatic carbocycles. The molecule has 4 aromatic rings. The fraction of sp³-hybridized carbons (Fsp3) is 0.150. The molecule has 0 aromatic carbocycles. The smallest absolute Gasteiger partial charge is 0.260 e. The van der Waals surface area contributed by atoms with Crippen LogP contribution in [0.4, 0.5) is 5.69 Å². The second-order valence-corrected chi connectivity index (χ2v) is 7.36. The van der Waals surface area contributed by atoms with E-state index in [1.165, 1.54) is 6.20 Å². The first-order valence-corrected chi connectivity index (χ1v) is 9.29. The van der Waals surface area contributed by atoms with E-state index in [4.69, 9.17) is 32.4 Å². The molecule has 1 N–H and O–H groups in total. The van der Waals surface area contributed by atoms with Crippen LogP contribution in [0.25, 0.3) is 22.3 Å². The number of hydrogen-bond acceptors (Lipinski definition) is 5. The average Bonchev–Trinajstić information content (AvgIpc) is 3.05. The third-order valence-corrected chi connectivity index (χ3v) is 5.67. The molecule has 6 nitrogen and oxygen atoms in total. The Hall–Kier alpha value is -2.83. The van der Waals surface area contributed by atoms with Crippen molar-refractivity contribution in [2.24, 2.45) is 0 Å². The number of nitrogens with one attached hydrogen (secondary N) is 1. The Morgan fingerprint density at radius 1 is 1.21 bits per heavy atom. The minimum Gasteiger partial charge on any atom is -0.481 e. The van der Waals surface area contributed by atoms with Gasteiger partial charge in [0, 0.05) is 34.9 Å². The van der Waals surface area contributed by atoms with Crippen LogP contribution in [-0.2, 0) is 0 Å². The highest BCUT2D eigenvalue weighted by molar-refractivity contribution is 6.41. The summed E-state index contributed by atoms with van der Waals surface area (Å²) >= 11 is 11.9. The molecule has 140 valence electrons. The molecule has 4 aromatic heterocycles. The Bertz CT molecular complexity index is 1250. The van der Waals surface area contributed by atoms with Crippen LogP contribution in [0.3, 0.4) is 0 Å². The van der Waals surface area contributed by atoms with Crippen LogP contribution in [0.5, 0.6) is 5.88 Å². The molecular weight excluding hydrogens is 401 g/mol. The summed E-state index contributed by atoms with van der Waals surface area (Å²) in [5, 5.41) is 3.28. The first kappa shape index (κ1) is 17.3. The lowest BCUT2D eigenvalue weighted by atomic mass is 10.00. The number of hydrogen-bond donors (Lipinski definition) is 1. The van der Waals surface area contributed by atoms with Crippen molar-refractivity contribution in [1.29, 1.82) is 0 Å². The number of ether oxygens (including phenoxy) is 1. The van der Waals surface area contributed by atoms with E-state index < -0.39 is 0 Å². The molecule has 0 spiro atoms. The van der Waals surface area contributed by atoms with E-state index in [1.807, 2.05) is 6.07 Å². The fourth-order valence-corrected chi connectivity index (χ4v) is 3.91. The maximum Gasteiger partial charge on any atom is 0.260 e. The molecular formula is C20H13Cl2N3O3. The van der Waals surface area contributed by atoms with Crippen LogP contribution in [0, 0.1) is 0 Å². The van der Waals surface area contributed by atoms with Crippen molar-refractivity contribution in [3.63, 3.8) is 0 Å². The number of pyridine rings is 2. The van der Waals surface area contributed by atoms with E-state index >= 15 is 0 Å². The molecule has 4 heterocycles. The normalized spacial score (nSPS) is 14.9. The number of anilines is 1. The Morgan fingerprint density at radius 3 is 2.75 bits per heavy atom. The van der Waals surface area contributed by atoms with Crippen molar-refractivity contribution in [2.75, 3.05) is 12.4 Å². The third-order valence-electron chi connectivity index (χ3n) is 4.98. The Kier molecular flexibility index (Phi) is 3.76. The Labute approximate surface area is 169 Å². The predicted octanol–water partition coefficient (Wildman–Crippen LogP) is 5.36. The van der Waals surface area contributed by atoms with Gasteiger partial charge >= 0.3 is 0 Å². The highest BCUT2D eigenvalue weighted by atomic mass is 35.5. The number of rotatable bonds is 4. The molecule has 0 fully saturated rings. The van der Waals surface area contributed by atoms with Crippen LogP contribution in [-0.4, -0.2) is 23.0 Å². The number of furan rings is 2. The summed E-state index contributed by atoms with van der Waals surface area (Å²) in [5.41, 5.74) is 6.09. The first-order valence-electron chi connectivity index (χ1n) is 8.54. The Balaban J connectivity index is 1.61. The lowest BCUT2D eigenvalue weighted by Gasteiger charge is -2.08. The van der Waals surface area contributed by atoms with Gasteiger partial charge in [0.05, 0.1) is 29.6 Å². The van der Waals surface area contributed by atoms with Crippen molar-refractivity contribution in [1.82, 2.24) is 9.97 Å². The molecule has 0 saturated heterocycles. The van der Waals surface area contributed by atoms with Gasteiger partial charge in [-0.3, -0.25) is 4.79 Å². The number of carbonyl (C=O) groups excluding carboxylic acids is 1. The van der Waals surface area contributed by atoms with Gasteiger partial charge in [0.2, 0.25) is 5.88 Å². The highest BCUT2D eigenvalue weighted by Crippen LogP contribution is 2.58. The number of methoxy groups -OCH3 is 1. The summed E-state index contributed by atoms with van der Waals surface area (Å²) in [6, 6.07) is 5.17. The van der Waals surface area contributed by atoms with Crippen LogP contribution >= 0.6 is 23.2 Å². The molecule has 0 radical (unpaired) electrons. The van der Waals surface area contributed by atoms with E-state index in [0.717, 1.165) is 27.8 Å². The monoisotopic (exact) mass is 413 g/mol. The standard InChI is InChI=1S/C20H13Cl2N3O3/c1-8-13-14(8)18-16(20(26)25-10-6-11(21)19(22)24-7-10)15(17(13)28-18)9-3-4-23-12(5-9)27-2/h3-8H,1-2H3,(H,25,26)/t8-/m1/s1. The van der Waals surface area contributed by atoms with Gasteiger partial charge in [-0.1, -0.05) is 30.1 Å². The first-order chi connectivity index (χ1) is 13.5. The maximum atomic E-state index is 13.2. The molecule has 1 atom stereocenters. The zero-order valence-corrected chi connectivity index (χ0v) is 16.4. The van der Waals surface area contributed by atoms with Crippen molar-refractivity contribution in [3.05, 3.63) is 57.5 Å². The van der Waals surface area contributed by atoms with Crippen LogP contribution in [0.15, 0.2) is 35.0 Å². The topological polar surface area (TPSA) is 77.2 Å². The molecule has 2 bridgehead atoms. The number of amides is 1. The SMILES string of the molecule is COc1cc(-c2c(C(=O)Nc3cnc(Cl)c(Cl)c3)c3oc2c2c3[C@@H]2C)ccn1. The van der Waals surface area contributed by atoms with Crippen molar-refractivity contribution < 1.29 is 13.9 Å². The number of halogens is 2.